The summed E-state index contributed by atoms with van der Waals surface area (Å²) in [6.45, 7) is 2.67. The Morgan fingerprint density at radius 3 is 2.52 bits per heavy atom. The number of hydrogen-bond acceptors (Lipinski definition) is 2. The molecule has 0 aromatic heterocycles. The first-order chi connectivity index (χ1) is 11.6. The fourth-order valence-corrected chi connectivity index (χ4v) is 4.28. The first kappa shape index (κ1) is 20.7. The van der Waals surface area contributed by atoms with Gasteiger partial charge in [-0.05, 0) is 51.0 Å². The summed E-state index contributed by atoms with van der Waals surface area (Å²) in [5.74, 6) is -0.249. The average Bonchev–Trinajstić information content (AvgIpc) is 3.13. The van der Waals surface area contributed by atoms with Crippen LogP contribution in [-0.2, 0) is 0 Å². The van der Waals surface area contributed by atoms with E-state index < -0.39 is 11.6 Å². The predicted molar refractivity (Wildman–Crippen MR) is 112 cm³/mol. The molecular formula is C18H26F2IN3S. The summed E-state index contributed by atoms with van der Waals surface area (Å²) in [5, 5.41) is 7.56. The van der Waals surface area contributed by atoms with Gasteiger partial charge in [-0.1, -0.05) is 6.07 Å². The molecule has 2 saturated carbocycles. The van der Waals surface area contributed by atoms with E-state index in [4.69, 9.17) is 0 Å². The van der Waals surface area contributed by atoms with E-state index in [0.29, 0.717) is 17.8 Å². The van der Waals surface area contributed by atoms with Gasteiger partial charge >= 0.3 is 0 Å². The maximum absolute atomic E-state index is 13.9. The number of aliphatic imine (C=N–C) groups is 1. The number of thioether (sulfide) groups is 1. The van der Waals surface area contributed by atoms with Crippen molar-refractivity contribution in [2.75, 3.05) is 12.8 Å². The fraction of sp³-hybridized carbons (Fsp3) is 0.611. The Balaban J connectivity index is 0.00000225. The van der Waals surface area contributed by atoms with Gasteiger partial charge in [-0.15, -0.1) is 24.0 Å². The van der Waals surface area contributed by atoms with Crippen molar-refractivity contribution in [2.45, 2.75) is 55.9 Å². The second kappa shape index (κ2) is 9.39. The number of guanidine groups is 1. The van der Waals surface area contributed by atoms with Crippen molar-refractivity contribution in [3.05, 3.63) is 35.4 Å². The zero-order valence-electron chi connectivity index (χ0n) is 14.6. The molecule has 3 rings (SSSR count). The largest absolute Gasteiger partial charge is 0.354 e. The molecule has 4 atom stereocenters. The summed E-state index contributed by atoms with van der Waals surface area (Å²) in [7, 11) is 0. The second-order valence-corrected chi connectivity index (χ2v) is 7.70. The zero-order valence-corrected chi connectivity index (χ0v) is 17.7. The van der Waals surface area contributed by atoms with Crippen molar-refractivity contribution in [2.24, 2.45) is 4.99 Å². The number of nitrogens with zero attached hydrogens (tertiary/aromatic N) is 1. The highest BCUT2D eigenvalue weighted by Gasteiger charge is 2.42. The van der Waals surface area contributed by atoms with Crippen LogP contribution in [0.3, 0.4) is 0 Å². The van der Waals surface area contributed by atoms with Gasteiger partial charge in [0.1, 0.15) is 11.6 Å². The molecule has 0 aliphatic heterocycles. The van der Waals surface area contributed by atoms with Crippen molar-refractivity contribution in [3.63, 3.8) is 0 Å². The standard InChI is InChI=1S/C18H25F2N3S.HI/c1-3-21-18(22-11-7-8-12(9-11)24-2)23-16-10-13(16)17-14(19)5-4-6-15(17)20;/h4-6,11-13,16H,3,7-10H2,1-2H3,(H2,21,22,23);1H. The van der Waals surface area contributed by atoms with Gasteiger partial charge in [0.2, 0.25) is 0 Å². The number of hydrogen-bond donors (Lipinski definition) is 2. The highest BCUT2D eigenvalue weighted by molar-refractivity contribution is 14.0. The molecule has 1 aromatic rings. The van der Waals surface area contributed by atoms with Gasteiger partial charge in [-0.2, -0.15) is 11.8 Å². The van der Waals surface area contributed by atoms with Crippen LogP contribution in [0.4, 0.5) is 8.78 Å². The first-order valence-electron chi connectivity index (χ1n) is 8.66. The lowest BCUT2D eigenvalue weighted by Gasteiger charge is -2.18. The summed E-state index contributed by atoms with van der Waals surface area (Å²) in [6.07, 6.45) is 6.41. The normalized spacial score (nSPS) is 28.4. The molecule has 7 heteroatoms. The van der Waals surface area contributed by atoms with Crippen LogP contribution in [0.5, 0.6) is 0 Å². The monoisotopic (exact) mass is 481 g/mol. The predicted octanol–water partition coefficient (Wildman–Crippen LogP) is 4.28. The molecule has 140 valence electrons. The van der Waals surface area contributed by atoms with E-state index in [1.807, 2.05) is 18.7 Å². The Labute approximate surface area is 169 Å². The van der Waals surface area contributed by atoms with Crippen LogP contribution >= 0.6 is 35.7 Å². The van der Waals surface area contributed by atoms with E-state index in [0.717, 1.165) is 25.2 Å². The highest BCUT2D eigenvalue weighted by atomic mass is 127. The Morgan fingerprint density at radius 1 is 1.20 bits per heavy atom. The van der Waals surface area contributed by atoms with Crippen molar-refractivity contribution >= 4 is 41.7 Å². The molecule has 2 fully saturated rings. The highest BCUT2D eigenvalue weighted by Crippen LogP contribution is 2.43. The van der Waals surface area contributed by atoms with Crippen molar-refractivity contribution < 1.29 is 8.78 Å². The topological polar surface area (TPSA) is 36.4 Å². The number of benzene rings is 1. The molecule has 2 aliphatic carbocycles. The third kappa shape index (κ3) is 5.21. The van der Waals surface area contributed by atoms with Gasteiger partial charge in [-0.3, -0.25) is 4.99 Å². The number of nitrogens with one attached hydrogen (secondary N) is 2. The van der Waals surface area contributed by atoms with Gasteiger partial charge in [-0.25, -0.2) is 8.78 Å². The molecule has 0 amide bonds. The maximum Gasteiger partial charge on any atom is 0.191 e. The minimum Gasteiger partial charge on any atom is -0.354 e. The molecular weight excluding hydrogens is 455 g/mol. The van der Waals surface area contributed by atoms with Crippen LogP contribution < -0.4 is 10.6 Å². The molecule has 0 saturated heterocycles. The van der Waals surface area contributed by atoms with Gasteiger partial charge in [0.15, 0.2) is 5.96 Å². The molecule has 3 nitrogen and oxygen atoms in total. The molecule has 25 heavy (non-hydrogen) atoms. The number of rotatable bonds is 5. The van der Waals surface area contributed by atoms with Crippen LogP contribution in [0, 0.1) is 11.6 Å². The van der Waals surface area contributed by atoms with E-state index in [2.05, 4.69) is 21.9 Å². The zero-order chi connectivity index (χ0) is 17.1. The molecule has 2 aliphatic rings. The molecule has 2 N–H and O–H groups in total. The average molecular weight is 481 g/mol. The van der Waals surface area contributed by atoms with Crippen molar-refractivity contribution in [1.29, 1.82) is 0 Å². The molecule has 0 heterocycles. The Morgan fingerprint density at radius 2 is 1.92 bits per heavy atom. The first-order valence-corrected chi connectivity index (χ1v) is 9.95. The minimum atomic E-state index is -0.454. The quantitative estimate of drug-likeness (QED) is 0.375. The molecule has 0 radical (unpaired) electrons. The SMILES string of the molecule is CCN=C(NC1CCC(SC)C1)NC1CC1c1c(F)cccc1F.I. The van der Waals surface area contributed by atoms with Crippen LogP contribution in [0.25, 0.3) is 0 Å². The Bertz CT molecular complexity index is 594. The lowest BCUT2D eigenvalue weighted by molar-refractivity contribution is 0.552. The summed E-state index contributed by atoms with van der Waals surface area (Å²) in [4.78, 5) is 4.49. The van der Waals surface area contributed by atoms with Gasteiger partial charge < -0.3 is 10.6 Å². The molecule has 1 aromatic carbocycles. The van der Waals surface area contributed by atoms with Gasteiger partial charge in [0.25, 0.3) is 0 Å². The Kier molecular flexibility index (Phi) is 7.79. The van der Waals surface area contributed by atoms with Crippen LogP contribution in [-0.4, -0.2) is 36.1 Å². The number of halogens is 3. The second-order valence-electron chi connectivity index (χ2n) is 6.56. The molecule has 4 unspecified atom stereocenters. The van der Waals surface area contributed by atoms with Gasteiger partial charge in [0.05, 0.1) is 0 Å². The smallest absolute Gasteiger partial charge is 0.191 e. The van der Waals surface area contributed by atoms with E-state index in [-0.39, 0.29) is 41.5 Å². The minimum absolute atomic E-state index is 0. The fourth-order valence-electron chi connectivity index (χ4n) is 3.48. The van der Waals surface area contributed by atoms with E-state index in [1.165, 1.54) is 24.6 Å². The van der Waals surface area contributed by atoms with Gasteiger partial charge in [0, 0.05) is 35.4 Å². The Hall–Kier alpha value is -0.570. The summed E-state index contributed by atoms with van der Waals surface area (Å²) in [5.41, 5.74) is 0.203. The molecule has 0 bridgehead atoms. The summed E-state index contributed by atoms with van der Waals surface area (Å²) in [6, 6.07) is 4.55. The lowest BCUT2D eigenvalue weighted by Crippen LogP contribution is -2.44. The van der Waals surface area contributed by atoms with E-state index in [9.17, 15) is 8.78 Å². The van der Waals surface area contributed by atoms with E-state index >= 15 is 0 Å². The molecule has 0 spiro atoms. The van der Waals surface area contributed by atoms with Crippen molar-refractivity contribution in [3.8, 4) is 0 Å². The van der Waals surface area contributed by atoms with Crippen molar-refractivity contribution in [1.82, 2.24) is 10.6 Å². The van der Waals surface area contributed by atoms with E-state index in [1.54, 1.807) is 0 Å². The van der Waals surface area contributed by atoms with Crippen LogP contribution in [0.1, 0.15) is 44.1 Å². The third-order valence-electron chi connectivity index (χ3n) is 4.86. The van der Waals surface area contributed by atoms with Crippen LogP contribution in [0.15, 0.2) is 23.2 Å². The maximum atomic E-state index is 13.9. The van der Waals surface area contributed by atoms with Crippen LogP contribution in [0.2, 0.25) is 0 Å². The third-order valence-corrected chi connectivity index (χ3v) is 5.95. The lowest BCUT2D eigenvalue weighted by atomic mass is 10.1. The summed E-state index contributed by atoms with van der Waals surface area (Å²) < 4.78 is 27.8. The summed E-state index contributed by atoms with van der Waals surface area (Å²) >= 11 is 1.92.